The normalized spacial score (nSPS) is 14.1. The van der Waals surface area contributed by atoms with Crippen LogP contribution in [0.4, 0.5) is 17.7 Å². The molecule has 0 bridgehead atoms. The van der Waals surface area contributed by atoms with Gasteiger partial charge in [-0.1, -0.05) is 55.5 Å². The van der Waals surface area contributed by atoms with E-state index in [4.69, 9.17) is 16.2 Å². The first kappa shape index (κ1) is 26.7. The predicted octanol–water partition coefficient (Wildman–Crippen LogP) is 4.79. The molecule has 0 radical (unpaired) electrons. The lowest BCUT2D eigenvalue weighted by Crippen LogP contribution is -2.32. The summed E-state index contributed by atoms with van der Waals surface area (Å²) in [7, 11) is 0. The lowest BCUT2D eigenvalue weighted by molar-refractivity contribution is 0.0997. The predicted molar refractivity (Wildman–Crippen MR) is 142 cm³/mol. The highest BCUT2D eigenvalue weighted by Gasteiger charge is 2.19. The van der Waals surface area contributed by atoms with E-state index in [1.165, 1.54) is 0 Å². The van der Waals surface area contributed by atoms with Gasteiger partial charge in [-0.05, 0) is 45.3 Å². The second-order valence-corrected chi connectivity index (χ2v) is 7.97. The monoisotopic (exact) mass is 463 g/mol. The highest BCUT2D eigenvalue weighted by molar-refractivity contribution is 5.85. The largest absolute Gasteiger partial charge is 0.383 e. The molecular formula is C26H37N7O. The molecule has 0 saturated carbocycles. The maximum Gasteiger partial charge on any atom is 0.227 e. The fraction of sp³-hybridized carbons (Fsp3) is 0.385. The van der Waals surface area contributed by atoms with Gasteiger partial charge in [0.1, 0.15) is 5.82 Å². The third-order valence-corrected chi connectivity index (χ3v) is 5.24. The van der Waals surface area contributed by atoms with Crippen LogP contribution in [0.15, 0.2) is 66.0 Å². The van der Waals surface area contributed by atoms with Crippen LogP contribution < -0.4 is 16.4 Å². The fourth-order valence-electron chi connectivity index (χ4n) is 3.50. The lowest BCUT2D eigenvalue weighted by atomic mass is 10.0. The minimum absolute atomic E-state index is 0.0607. The van der Waals surface area contributed by atoms with E-state index in [2.05, 4.69) is 58.3 Å². The summed E-state index contributed by atoms with van der Waals surface area (Å²) in [5, 5.41) is 0.583. The summed E-state index contributed by atoms with van der Waals surface area (Å²) in [4.78, 5) is 19.6. The molecule has 182 valence electrons. The number of hydrogen-bond donors (Lipinski definition) is 2. The van der Waals surface area contributed by atoms with Crippen LogP contribution in [-0.2, 0) is 4.74 Å². The average Bonchev–Trinajstić information content (AvgIpc) is 2.79. The molecule has 0 aliphatic heterocycles. The van der Waals surface area contributed by atoms with E-state index in [0.717, 1.165) is 29.7 Å². The van der Waals surface area contributed by atoms with Crippen LogP contribution in [0, 0.1) is 0 Å². The molecule has 8 nitrogen and oxygen atoms in total. The van der Waals surface area contributed by atoms with Crippen molar-refractivity contribution >= 4 is 28.7 Å². The van der Waals surface area contributed by atoms with Crippen LogP contribution in [-0.4, -0.2) is 45.7 Å². The van der Waals surface area contributed by atoms with Crippen molar-refractivity contribution in [1.82, 2.24) is 19.9 Å². The van der Waals surface area contributed by atoms with Gasteiger partial charge in [-0.25, -0.2) is 4.98 Å². The third kappa shape index (κ3) is 7.52. The van der Waals surface area contributed by atoms with E-state index >= 15 is 0 Å². The van der Waals surface area contributed by atoms with Crippen molar-refractivity contribution in [3.63, 3.8) is 0 Å². The van der Waals surface area contributed by atoms with Crippen LogP contribution in [0.5, 0.6) is 0 Å². The Hall–Kier alpha value is -3.52. The first-order chi connectivity index (χ1) is 16.3. The van der Waals surface area contributed by atoms with Crippen molar-refractivity contribution in [2.45, 2.75) is 47.1 Å². The molecule has 2 rings (SSSR count). The molecule has 0 fully saturated rings. The van der Waals surface area contributed by atoms with Crippen molar-refractivity contribution in [3.8, 4) is 0 Å². The number of anilines is 3. The number of rotatable bonds is 12. The Bertz CT molecular complexity index is 1100. The number of hydrogen-bond acceptors (Lipinski definition) is 8. The number of nitrogens with zero attached hydrogens (tertiary/aromatic N) is 5. The Morgan fingerprint density at radius 1 is 1.15 bits per heavy atom. The molecule has 1 atom stereocenters. The Balaban J connectivity index is 2.41. The molecule has 1 unspecified atom stereocenters. The summed E-state index contributed by atoms with van der Waals surface area (Å²) in [6.07, 6.45) is 14.5. The van der Waals surface area contributed by atoms with Gasteiger partial charge in [0.05, 0.1) is 11.5 Å². The van der Waals surface area contributed by atoms with Gasteiger partial charge in [-0.15, -0.1) is 0 Å². The van der Waals surface area contributed by atoms with Crippen LogP contribution in [0.2, 0.25) is 0 Å². The highest BCUT2D eigenvalue weighted by atomic mass is 16.5. The highest BCUT2D eigenvalue weighted by Crippen LogP contribution is 2.22. The van der Waals surface area contributed by atoms with Gasteiger partial charge in [-0.2, -0.15) is 15.0 Å². The van der Waals surface area contributed by atoms with Crippen molar-refractivity contribution in [2.24, 2.45) is 0 Å². The van der Waals surface area contributed by atoms with Crippen molar-refractivity contribution in [1.29, 1.82) is 0 Å². The van der Waals surface area contributed by atoms with Gasteiger partial charge in [0, 0.05) is 25.9 Å². The zero-order chi connectivity index (χ0) is 25.1. The van der Waals surface area contributed by atoms with Crippen LogP contribution in [0.1, 0.15) is 41.0 Å². The third-order valence-electron chi connectivity index (χ3n) is 5.24. The number of nitrogen functional groups attached to an aromatic ring is 2. The van der Waals surface area contributed by atoms with Crippen LogP contribution in [0.3, 0.4) is 0 Å². The molecule has 0 aliphatic carbocycles. The zero-order valence-electron chi connectivity index (χ0n) is 21.0. The van der Waals surface area contributed by atoms with E-state index < -0.39 is 0 Å². The number of allylic oxidation sites excluding steroid dienone is 8. The first-order valence-electron chi connectivity index (χ1n) is 11.6. The molecule has 0 saturated heterocycles. The topological polar surface area (TPSA) is 116 Å². The molecule has 4 N–H and O–H groups in total. The molecule has 0 aliphatic rings. The number of ether oxygens (including phenoxy) is 1. The summed E-state index contributed by atoms with van der Waals surface area (Å²) in [5.74, 6) is 0.929. The van der Waals surface area contributed by atoms with Crippen molar-refractivity contribution < 1.29 is 4.74 Å². The number of nitrogens with two attached hydrogens (primary N) is 2. The van der Waals surface area contributed by atoms with Crippen molar-refractivity contribution in [2.75, 3.05) is 36.1 Å². The Labute approximate surface area is 202 Å². The quantitative estimate of drug-likeness (QED) is 0.432. The van der Waals surface area contributed by atoms with E-state index in [1.54, 1.807) is 12.3 Å². The SMILES string of the molecule is C=C/C=C(C)/C=C\C=C/C(C)=C(\CN(CCC)c1ncc2c(N)nc(N)nc2n1)C(C)OCC. The summed E-state index contributed by atoms with van der Waals surface area (Å²) in [6, 6.07) is 0. The van der Waals surface area contributed by atoms with E-state index in [0.29, 0.717) is 30.1 Å². The molecular weight excluding hydrogens is 426 g/mol. The summed E-state index contributed by atoms with van der Waals surface area (Å²) in [6.45, 7) is 16.1. The zero-order valence-corrected chi connectivity index (χ0v) is 21.0. The van der Waals surface area contributed by atoms with Crippen LogP contribution >= 0.6 is 0 Å². The minimum Gasteiger partial charge on any atom is -0.383 e. The first-order valence-corrected chi connectivity index (χ1v) is 11.6. The van der Waals surface area contributed by atoms with E-state index in [1.807, 2.05) is 38.2 Å². The fourth-order valence-corrected chi connectivity index (χ4v) is 3.50. The van der Waals surface area contributed by atoms with Gasteiger partial charge >= 0.3 is 0 Å². The number of fused-ring (bicyclic) bond motifs is 1. The smallest absolute Gasteiger partial charge is 0.227 e. The maximum absolute atomic E-state index is 5.97. The van der Waals surface area contributed by atoms with Gasteiger partial charge in [0.2, 0.25) is 11.9 Å². The summed E-state index contributed by atoms with van der Waals surface area (Å²) >= 11 is 0. The van der Waals surface area contributed by atoms with Gasteiger partial charge in [-0.3, -0.25) is 0 Å². The number of aromatic nitrogens is 4. The second-order valence-electron chi connectivity index (χ2n) is 7.97. The Morgan fingerprint density at radius 3 is 2.56 bits per heavy atom. The van der Waals surface area contributed by atoms with Crippen LogP contribution in [0.25, 0.3) is 11.0 Å². The van der Waals surface area contributed by atoms with E-state index in [9.17, 15) is 0 Å². The Morgan fingerprint density at radius 2 is 1.88 bits per heavy atom. The van der Waals surface area contributed by atoms with Gasteiger partial charge in [0.25, 0.3) is 0 Å². The van der Waals surface area contributed by atoms with Gasteiger partial charge in [0.15, 0.2) is 5.65 Å². The summed E-state index contributed by atoms with van der Waals surface area (Å²) < 4.78 is 5.97. The molecule has 2 aromatic rings. The van der Waals surface area contributed by atoms with Crippen molar-refractivity contribution in [3.05, 3.63) is 66.0 Å². The molecule has 2 heterocycles. The molecule has 0 spiro atoms. The van der Waals surface area contributed by atoms with Gasteiger partial charge < -0.3 is 21.1 Å². The molecule has 34 heavy (non-hydrogen) atoms. The molecule has 0 amide bonds. The average molecular weight is 464 g/mol. The lowest BCUT2D eigenvalue weighted by Gasteiger charge is -2.27. The maximum atomic E-state index is 5.97. The minimum atomic E-state index is -0.0607. The summed E-state index contributed by atoms with van der Waals surface area (Å²) in [5.41, 5.74) is 15.6. The standard InChI is InChI=1S/C26H37N7O/c1-7-12-18(4)13-10-11-14-19(5)22(20(6)34-9-3)17-33(15-8-2)26-29-16-21-23(27)30-25(28)31-24(21)32-26/h7,10-14,16,20H,1,8-9,15,17H2,2-6H3,(H4,27,28,29,30,31,32)/b13-10-,14-11-,18-12+,22-19+. The molecule has 2 aromatic heterocycles. The Kier molecular flexibility index (Phi) is 10.4. The molecule has 8 heteroatoms. The second kappa shape index (κ2) is 13.3. The molecule has 0 aromatic carbocycles. The van der Waals surface area contributed by atoms with E-state index in [-0.39, 0.29) is 17.9 Å².